The van der Waals surface area contributed by atoms with E-state index in [1.807, 2.05) is 24.7 Å². The molecule has 5 heteroatoms. The first-order valence-electron chi connectivity index (χ1n) is 15.3. The molecular formula is C39H39BN2OSi. The minimum atomic E-state index is -0.838. The molecule has 0 N–H and O–H groups in total. The molecule has 44 heavy (non-hydrogen) atoms. The topological polar surface area (TPSA) is 27.1 Å². The first kappa shape index (κ1) is 30.6. The van der Waals surface area contributed by atoms with Crippen molar-refractivity contribution in [1.82, 2.24) is 9.55 Å². The standard InChI is InChI=1S/C25H26N2OSi.C14H13B/c1-2-19-28-23-13-15-24(16-14-23)29-25(27-18-17-26-20-27,21-9-5-3-6-10-21)22-11-7-4-8-12-22;15-11-14(12-7-3-1-4-8-12)13-9-5-2-6-10-13/h3-18,20H,2,19,29H2,1H3;1-11H,15H2. The quantitative estimate of drug-likeness (QED) is 0.168. The van der Waals surface area contributed by atoms with Gasteiger partial charge in [0.25, 0.3) is 0 Å². The number of benzene rings is 5. The molecule has 0 bridgehead atoms. The van der Waals surface area contributed by atoms with E-state index in [1.165, 1.54) is 33.0 Å². The Bertz CT molecular complexity index is 1610. The van der Waals surface area contributed by atoms with Gasteiger partial charge in [-0.3, -0.25) is 0 Å². The lowest BCUT2D eigenvalue weighted by Gasteiger charge is -2.37. The van der Waals surface area contributed by atoms with Crippen LogP contribution in [0.4, 0.5) is 0 Å². The lowest BCUT2D eigenvalue weighted by molar-refractivity contribution is 0.317. The van der Waals surface area contributed by atoms with Crippen LogP contribution in [0.5, 0.6) is 5.75 Å². The predicted molar refractivity (Wildman–Crippen MR) is 190 cm³/mol. The summed E-state index contributed by atoms with van der Waals surface area (Å²) in [4.78, 5) is 4.39. The summed E-state index contributed by atoms with van der Waals surface area (Å²) < 4.78 is 8.07. The van der Waals surface area contributed by atoms with Crippen LogP contribution in [0.3, 0.4) is 0 Å². The zero-order valence-corrected chi connectivity index (χ0v) is 27.0. The average Bonchev–Trinajstić information content (AvgIpc) is 3.65. The molecule has 0 aliphatic rings. The van der Waals surface area contributed by atoms with Gasteiger partial charge >= 0.3 is 0 Å². The molecule has 0 amide bonds. The molecule has 0 atom stereocenters. The van der Waals surface area contributed by atoms with E-state index in [9.17, 15) is 0 Å². The fourth-order valence-electron chi connectivity index (χ4n) is 5.63. The summed E-state index contributed by atoms with van der Waals surface area (Å²) in [6, 6.07) is 51.2. The monoisotopic (exact) mass is 590 g/mol. The Kier molecular flexibility index (Phi) is 10.8. The molecule has 0 aliphatic heterocycles. The number of rotatable bonds is 10. The van der Waals surface area contributed by atoms with Crippen molar-refractivity contribution >= 4 is 28.1 Å². The highest BCUT2D eigenvalue weighted by Crippen LogP contribution is 2.33. The van der Waals surface area contributed by atoms with Crippen LogP contribution in [0.15, 0.2) is 170 Å². The van der Waals surface area contributed by atoms with Gasteiger partial charge in [0.05, 0.1) is 27.6 Å². The van der Waals surface area contributed by atoms with Gasteiger partial charge in [0.1, 0.15) is 13.6 Å². The zero-order valence-electron chi connectivity index (χ0n) is 25.6. The first-order valence-corrected chi connectivity index (χ1v) is 16.7. The molecule has 0 radical (unpaired) electrons. The number of hydrogen-bond donors (Lipinski definition) is 0. The van der Waals surface area contributed by atoms with Gasteiger partial charge in [-0.15, -0.1) is 5.98 Å². The highest BCUT2D eigenvalue weighted by Gasteiger charge is 2.36. The lowest BCUT2D eigenvalue weighted by Crippen LogP contribution is -2.46. The second kappa shape index (κ2) is 15.6. The summed E-state index contributed by atoms with van der Waals surface area (Å²) in [5.74, 6) is 3.10. The smallest absolute Gasteiger partial charge is 0.130 e. The molecule has 0 fully saturated rings. The van der Waals surface area contributed by atoms with Crippen LogP contribution in [-0.2, 0) is 5.16 Å². The van der Waals surface area contributed by atoms with E-state index in [-0.39, 0.29) is 5.16 Å². The molecule has 3 nitrogen and oxygen atoms in total. The van der Waals surface area contributed by atoms with Crippen molar-refractivity contribution < 1.29 is 4.74 Å². The minimum Gasteiger partial charge on any atom is -0.494 e. The van der Waals surface area contributed by atoms with E-state index in [1.54, 1.807) is 0 Å². The fourth-order valence-corrected chi connectivity index (χ4v) is 7.94. The lowest BCUT2D eigenvalue weighted by atomic mass is 9.92. The van der Waals surface area contributed by atoms with Crippen molar-refractivity contribution in [3.8, 4) is 5.75 Å². The van der Waals surface area contributed by atoms with Gasteiger partial charge < -0.3 is 9.30 Å². The van der Waals surface area contributed by atoms with Crippen LogP contribution in [0.25, 0.3) is 5.57 Å². The van der Waals surface area contributed by atoms with Crippen molar-refractivity contribution in [1.29, 1.82) is 0 Å². The summed E-state index contributed by atoms with van der Waals surface area (Å²) in [6.07, 6.45) is 6.93. The average molecular weight is 591 g/mol. The molecule has 5 aromatic carbocycles. The Labute approximate surface area is 265 Å². The molecule has 218 valence electrons. The third-order valence-electron chi connectivity index (χ3n) is 7.76. The maximum Gasteiger partial charge on any atom is 0.130 e. The van der Waals surface area contributed by atoms with E-state index in [4.69, 9.17) is 4.74 Å². The molecule has 1 aromatic heterocycles. The number of hydrogen-bond acceptors (Lipinski definition) is 2. The van der Waals surface area contributed by atoms with E-state index in [0.29, 0.717) is 0 Å². The molecule has 0 spiro atoms. The highest BCUT2D eigenvalue weighted by molar-refractivity contribution is 6.57. The normalized spacial score (nSPS) is 11.0. The molecule has 0 unspecified atom stereocenters. The number of ether oxygens (including phenoxy) is 1. The maximum absolute atomic E-state index is 5.78. The molecule has 6 aromatic rings. The van der Waals surface area contributed by atoms with Gasteiger partial charge in [-0.25, -0.2) is 4.98 Å². The molecule has 6 rings (SSSR count). The number of aromatic nitrogens is 2. The van der Waals surface area contributed by atoms with E-state index in [2.05, 4.69) is 170 Å². The molecule has 0 saturated carbocycles. The van der Waals surface area contributed by atoms with Crippen LogP contribution < -0.4 is 9.92 Å². The van der Waals surface area contributed by atoms with Gasteiger partial charge in [-0.05, 0) is 46.4 Å². The second-order valence-corrected chi connectivity index (χ2v) is 12.9. The van der Waals surface area contributed by atoms with Gasteiger partial charge in [-0.1, -0.05) is 146 Å². The third-order valence-corrected chi connectivity index (χ3v) is 10.3. The van der Waals surface area contributed by atoms with Gasteiger partial charge in [-0.2, -0.15) is 0 Å². The summed E-state index contributed by atoms with van der Waals surface area (Å²) in [6.45, 7) is 2.88. The van der Waals surface area contributed by atoms with Crippen LogP contribution in [0.2, 0.25) is 0 Å². The highest BCUT2D eigenvalue weighted by atomic mass is 28.2. The Hall–Kier alpha value is -4.87. The van der Waals surface area contributed by atoms with Crippen molar-refractivity contribution in [3.05, 3.63) is 193 Å². The number of nitrogens with zero attached hydrogens (tertiary/aromatic N) is 2. The van der Waals surface area contributed by atoms with Crippen LogP contribution in [-0.4, -0.2) is 33.5 Å². The van der Waals surface area contributed by atoms with Crippen molar-refractivity contribution in [2.24, 2.45) is 0 Å². The van der Waals surface area contributed by atoms with E-state index in [0.717, 1.165) is 18.8 Å². The summed E-state index contributed by atoms with van der Waals surface area (Å²) in [5, 5.41) is 1.14. The zero-order chi connectivity index (χ0) is 30.5. The van der Waals surface area contributed by atoms with E-state index < -0.39 is 9.52 Å². The summed E-state index contributed by atoms with van der Waals surface area (Å²) in [5.41, 5.74) is 6.41. The SMILES string of the molecule is BC=C(c1ccccc1)c1ccccc1.CCCOc1ccc([SiH2]C(c2ccccc2)(c2ccccc2)n2ccnc2)cc1. The van der Waals surface area contributed by atoms with Crippen molar-refractivity contribution in [3.63, 3.8) is 0 Å². The molecule has 0 aliphatic carbocycles. The van der Waals surface area contributed by atoms with Crippen molar-refractivity contribution in [2.75, 3.05) is 6.61 Å². The van der Waals surface area contributed by atoms with Crippen LogP contribution >= 0.6 is 0 Å². The third kappa shape index (κ3) is 7.36. The summed E-state index contributed by atoms with van der Waals surface area (Å²) in [7, 11) is 1.24. The van der Waals surface area contributed by atoms with Gasteiger partial charge in [0, 0.05) is 12.4 Å². The molecule has 0 saturated heterocycles. The summed E-state index contributed by atoms with van der Waals surface area (Å²) >= 11 is 0. The van der Waals surface area contributed by atoms with E-state index >= 15 is 0 Å². The molecular weight excluding hydrogens is 551 g/mol. The maximum atomic E-state index is 5.78. The van der Waals surface area contributed by atoms with Gasteiger partial charge in [0.15, 0.2) is 0 Å². The Morgan fingerprint density at radius 1 is 0.727 bits per heavy atom. The predicted octanol–water partition coefficient (Wildman–Crippen LogP) is 6.62. The van der Waals surface area contributed by atoms with Crippen molar-refractivity contribution in [2.45, 2.75) is 18.5 Å². The Balaban J connectivity index is 0.000000215. The first-order chi connectivity index (χ1) is 21.7. The molecule has 1 heterocycles. The van der Waals surface area contributed by atoms with Crippen LogP contribution in [0, 0.1) is 0 Å². The Morgan fingerprint density at radius 3 is 1.66 bits per heavy atom. The second-order valence-electron chi connectivity index (χ2n) is 10.7. The fraction of sp³-hybridized carbons (Fsp3) is 0.103. The van der Waals surface area contributed by atoms with Crippen LogP contribution in [0.1, 0.15) is 35.6 Å². The minimum absolute atomic E-state index is 0.245. The number of imidazole rings is 1. The Morgan fingerprint density at radius 2 is 1.23 bits per heavy atom. The van der Waals surface area contributed by atoms with Gasteiger partial charge in [0.2, 0.25) is 0 Å². The largest absolute Gasteiger partial charge is 0.494 e.